The van der Waals surface area contributed by atoms with Gasteiger partial charge in [0.05, 0.1) is 0 Å². The Morgan fingerprint density at radius 1 is 1.20 bits per heavy atom. The van der Waals surface area contributed by atoms with Crippen LogP contribution in [0.2, 0.25) is 0 Å². The van der Waals surface area contributed by atoms with Crippen LogP contribution in [0.25, 0.3) is 11.0 Å². The van der Waals surface area contributed by atoms with Gasteiger partial charge in [0.2, 0.25) is 0 Å². The summed E-state index contributed by atoms with van der Waals surface area (Å²) in [6.07, 6.45) is 7.79. The molecule has 0 bridgehead atoms. The molecule has 30 heavy (non-hydrogen) atoms. The number of fused-ring (bicyclic) bond motifs is 1. The molecule has 3 heterocycles. The van der Waals surface area contributed by atoms with Gasteiger partial charge < -0.3 is 0 Å². The third-order valence-corrected chi connectivity index (χ3v) is 7.16. The number of carbonyl (C=O) groups excluding carboxylic acids is 1. The van der Waals surface area contributed by atoms with Crippen LogP contribution in [0.3, 0.4) is 0 Å². The molecule has 4 rings (SSSR count). The first-order chi connectivity index (χ1) is 14.4. The summed E-state index contributed by atoms with van der Waals surface area (Å²) in [5.41, 5.74) is 2.15. The Hall–Kier alpha value is -2.73. The molecule has 1 aliphatic carbocycles. The summed E-state index contributed by atoms with van der Waals surface area (Å²) in [5, 5.41) is 9.77. The van der Waals surface area contributed by atoms with Crippen LogP contribution in [0.15, 0.2) is 30.6 Å². The van der Waals surface area contributed by atoms with Crippen molar-refractivity contribution in [3.05, 3.63) is 41.9 Å². The summed E-state index contributed by atoms with van der Waals surface area (Å²) in [7, 11) is 3.53. The van der Waals surface area contributed by atoms with E-state index < -0.39 is 21.7 Å². The Bertz CT molecular complexity index is 1090. The number of pyridine rings is 1. The number of carboxylic acid groups (broad SMARTS) is 1. The van der Waals surface area contributed by atoms with Crippen molar-refractivity contribution < 1.29 is 14.7 Å². The Kier molecular flexibility index (Phi) is 5.86. The molecule has 9 heteroatoms. The van der Waals surface area contributed by atoms with Crippen LogP contribution in [0.5, 0.6) is 0 Å². The molecular formula is C21H23AsN5O3. The molecule has 3 aromatic heterocycles. The fourth-order valence-electron chi connectivity index (χ4n) is 3.84. The van der Waals surface area contributed by atoms with E-state index in [1.807, 2.05) is 12.1 Å². The zero-order valence-corrected chi connectivity index (χ0v) is 18.8. The quantitative estimate of drug-likeness (QED) is 0.541. The molecule has 0 saturated heterocycles. The molecule has 8 nitrogen and oxygen atoms in total. The third kappa shape index (κ3) is 4.24. The summed E-state index contributed by atoms with van der Waals surface area (Å²) in [6.45, 7) is 0. The first kappa shape index (κ1) is 20.5. The molecule has 0 unspecified atom stereocenters. The van der Waals surface area contributed by atoms with Gasteiger partial charge in [0.25, 0.3) is 0 Å². The van der Waals surface area contributed by atoms with Gasteiger partial charge in [0, 0.05) is 0 Å². The second-order valence-electron chi connectivity index (χ2n) is 7.69. The van der Waals surface area contributed by atoms with E-state index in [4.69, 9.17) is 10.1 Å². The van der Waals surface area contributed by atoms with Gasteiger partial charge >= 0.3 is 181 Å². The average molecular weight is 468 g/mol. The topological polar surface area (TPSA) is 101 Å². The van der Waals surface area contributed by atoms with Crippen LogP contribution in [0, 0.1) is 0 Å². The molecule has 0 atom stereocenters. The monoisotopic (exact) mass is 468 g/mol. The van der Waals surface area contributed by atoms with Crippen LogP contribution in [-0.4, -0.2) is 71.2 Å². The second-order valence-corrected chi connectivity index (χ2v) is 9.96. The number of aromatic nitrogens is 4. The van der Waals surface area contributed by atoms with E-state index in [-0.39, 0.29) is 18.4 Å². The first-order valence-electron chi connectivity index (χ1n) is 9.90. The van der Waals surface area contributed by atoms with E-state index >= 15 is 0 Å². The van der Waals surface area contributed by atoms with Crippen molar-refractivity contribution in [3.8, 4) is 0 Å². The number of amides is 1. The number of hydrogen-bond donors (Lipinski definition) is 1. The maximum atomic E-state index is 12.8. The molecule has 1 fully saturated rings. The number of aliphatic carboxylic acids is 1. The van der Waals surface area contributed by atoms with Gasteiger partial charge in [-0.1, -0.05) is 0 Å². The van der Waals surface area contributed by atoms with E-state index in [2.05, 4.69) is 14.5 Å². The summed E-state index contributed by atoms with van der Waals surface area (Å²) in [5.74, 6) is -0.896. The standard InChI is InChI=1S/C21H23AsN5O3/c1-26(2)20(30)16-10-14-12-24-21(25-19(14)27(16)15-5-3-4-6-15)22-17-8-7-13(11-23-17)9-18(28)29/h7-8,10-12,15H,3-6,9H2,1-2H3,(H,28,29). The van der Waals surface area contributed by atoms with Crippen molar-refractivity contribution in [2.24, 2.45) is 0 Å². The van der Waals surface area contributed by atoms with E-state index in [0.29, 0.717) is 11.3 Å². The fraction of sp³-hybridized carbons (Fsp3) is 0.381. The first-order valence-corrected chi connectivity index (χ1v) is 11.8. The second kappa shape index (κ2) is 8.56. The maximum absolute atomic E-state index is 12.8. The normalized spacial score (nSPS) is 14.7. The zero-order valence-electron chi connectivity index (χ0n) is 16.9. The molecule has 1 radical (unpaired) electrons. The number of hydrogen-bond acceptors (Lipinski definition) is 5. The molecule has 0 spiro atoms. The van der Waals surface area contributed by atoms with E-state index in [0.717, 1.165) is 45.8 Å². The summed E-state index contributed by atoms with van der Waals surface area (Å²) >= 11 is -0.544. The zero-order chi connectivity index (χ0) is 21.3. The van der Waals surface area contributed by atoms with Gasteiger partial charge in [-0.25, -0.2) is 0 Å². The summed E-state index contributed by atoms with van der Waals surface area (Å²) < 4.78 is 3.70. The van der Waals surface area contributed by atoms with Gasteiger partial charge in [-0.2, -0.15) is 0 Å². The molecule has 1 saturated carbocycles. The van der Waals surface area contributed by atoms with Gasteiger partial charge in [-0.05, 0) is 0 Å². The molecule has 1 N–H and O–H groups in total. The Morgan fingerprint density at radius 2 is 1.97 bits per heavy atom. The third-order valence-electron chi connectivity index (χ3n) is 5.26. The van der Waals surface area contributed by atoms with Crippen LogP contribution in [-0.2, 0) is 11.2 Å². The SMILES string of the molecule is CN(C)C(=O)c1cc2cnc([As]c3ccc(CC(=O)O)cn3)nc2n1C1CCCC1. The number of carboxylic acids is 1. The van der Waals surface area contributed by atoms with Crippen molar-refractivity contribution in [1.29, 1.82) is 0 Å². The predicted molar refractivity (Wildman–Crippen MR) is 114 cm³/mol. The fourth-order valence-corrected chi connectivity index (χ4v) is 5.37. The van der Waals surface area contributed by atoms with Crippen molar-refractivity contribution in [2.45, 2.75) is 38.1 Å². The van der Waals surface area contributed by atoms with Crippen molar-refractivity contribution in [1.82, 2.24) is 24.4 Å². The van der Waals surface area contributed by atoms with Crippen LogP contribution in [0.1, 0.15) is 47.8 Å². The number of rotatable bonds is 6. The van der Waals surface area contributed by atoms with E-state index in [9.17, 15) is 9.59 Å². The average Bonchev–Trinajstić information content (AvgIpc) is 3.35. The van der Waals surface area contributed by atoms with Gasteiger partial charge in [0.1, 0.15) is 0 Å². The van der Waals surface area contributed by atoms with Crippen molar-refractivity contribution >= 4 is 47.8 Å². The predicted octanol–water partition coefficient (Wildman–Crippen LogP) is 0.925. The summed E-state index contributed by atoms with van der Waals surface area (Å²) in [6, 6.07) is 5.83. The van der Waals surface area contributed by atoms with E-state index in [1.54, 1.807) is 37.5 Å². The van der Waals surface area contributed by atoms with E-state index in [1.165, 1.54) is 0 Å². The Labute approximate surface area is 181 Å². The minimum absolute atomic E-state index is 0.0228. The van der Waals surface area contributed by atoms with Crippen LogP contribution >= 0.6 is 0 Å². The van der Waals surface area contributed by atoms with Crippen molar-refractivity contribution in [2.75, 3.05) is 14.1 Å². The Morgan fingerprint density at radius 3 is 2.60 bits per heavy atom. The molecule has 155 valence electrons. The molecule has 0 aliphatic heterocycles. The summed E-state index contributed by atoms with van der Waals surface area (Å²) in [4.78, 5) is 39.0. The van der Waals surface area contributed by atoms with Gasteiger partial charge in [0.15, 0.2) is 0 Å². The minimum atomic E-state index is -0.873. The molecular weight excluding hydrogens is 445 g/mol. The molecule has 1 amide bonds. The van der Waals surface area contributed by atoms with Gasteiger partial charge in [-0.3, -0.25) is 0 Å². The van der Waals surface area contributed by atoms with Crippen molar-refractivity contribution in [3.63, 3.8) is 0 Å². The number of carbonyl (C=O) groups is 2. The number of nitrogens with zero attached hydrogens (tertiary/aromatic N) is 5. The molecule has 0 aromatic carbocycles. The van der Waals surface area contributed by atoms with Crippen LogP contribution < -0.4 is 9.09 Å². The van der Waals surface area contributed by atoms with Crippen LogP contribution in [0.4, 0.5) is 0 Å². The Balaban J connectivity index is 1.68. The molecule has 3 aromatic rings. The van der Waals surface area contributed by atoms with Gasteiger partial charge in [-0.15, -0.1) is 0 Å². The molecule has 1 aliphatic rings.